The summed E-state index contributed by atoms with van der Waals surface area (Å²) in [5.41, 5.74) is 2.59. The van der Waals surface area contributed by atoms with Gasteiger partial charge in [0.2, 0.25) is 5.91 Å². The van der Waals surface area contributed by atoms with Crippen LogP contribution in [0.1, 0.15) is 18.1 Å². The van der Waals surface area contributed by atoms with Crippen molar-refractivity contribution >= 4 is 18.3 Å². The molecule has 88 valence electrons. The molecule has 0 fully saturated rings. The van der Waals surface area contributed by atoms with Crippen LogP contribution in [-0.4, -0.2) is 18.5 Å². The third-order valence-electron chi connectivity index (χ3n) is 2.75. The Kier molecular flexibility index (Phi) is 4.77. The fourth-order valence-electron chi connectivity index (χ4n) is 1.94. The Balaban J connectivity index is 0.00000128. The zero-order chi connectivity index (χ0) is 10.7. The van der Waals surface area contributed by atoms with E-state index in [0.29, 0.717) is 6.54 Å². The zero-order valence-electron chi connectivity index (χ0n) is 9.32. The van der Waals surface area contributed by atoms with Crippen LogP contribution in [0.25, 0.3) is 0 Å². The van der Waals surface area contributed by atoms with Crippen LogP contribution in [0.2, 0.25) is 0 Å². The van der Waals surface area contributed by atoms with Gasteiger partial charge in [-0.3, -0.25) is 4.79 Å². The van der Waals surface area contributed by atoms with Crippen molar-refractivity contribution in [2.24, 2.45) is 0 Å². The smallest absolute Gasteiger partial charge is 0.237 e. The van der Waals surface area contributed by atoms with E-state index in [9.17, 15) is 4.79 Å². The number of halogens is 1. The summed E-state index contributed by atoms with van der Waals surface area (Å²) in [6.45, 7) is 3.42. The fraction of sp³-hybridized carbons (Fsp3) is 0.417. The molecule has 0 radical (unpaired) electrons. The first kappa shape index (κ1) is 13.0. The van der Waals surface area contributed by atoms with Gasteiger partial charge in [0.05, 0.1) is 6.04 Å². The molecule has 1 aliphatic rings. The molecule has 0 bridgehead atoms. The molecule has 0 saturated heterocycles. The largest absolute Gasteiger partial charge is 0.355 e. The van der Waals surface area contributed by atoms with Crippen molar-refractivity contribution < 1.29 is 4.79 Å². The van der Waals surface area contributed by atoms with Crippen molar-refractivity contribution in [1.82, 2.24) is 10.6 Å². The monoisotopic (exact) mass is 240 g/mol. The number of hydrogen-bond acceptors (Lipinski definition) is 2. The Morgan fingerprint density at radius 3 is 2.81 bits per heavy atom. The maximum Gasteiger partial charge on any atom is 0.237 e. The van der Waals surface area contributed by atoms with Gasteiger partial charge in [-0.25, -0.2) is 0 Å². The molecule has 1 atom stereocenters. The van der Waals surface area contributed by atoms with Crippen LogP contribution >= 0.6 is 12.4 Å². The van der Waals surface area contributed by atoms with Crippen LogP contribution in [0, 0.1) is 0 Å². The molecule has 2 N–H and O–H groups in total. The van der Waals surface area contributed by atoms with E-state index >= 15 is 0 Å². The van der Waals surface area contributed by atoms with Gasteiger partial charge in [-0.15, -0.1) is 12.4 Å². The highest BCUT2D eigenvalue weighted by molar-refractivity contribution is 5.85. The second-order valence-electron chi connectivity index (χ2n) is 3.80. The minimum atomic E-state index is -0.0696. The number of carbonyl (C=O) groups excluding carboxylic acids is 1. The molecule has 0 saturated carbocycles. The highest BCUT2D eigenvalue weighted by Crippen LogP contribution is 2.15. The topological polar surface area (TPSA) is 41.1 Å². The van der Waals surface area contributed by atoms with Crippen molar-refractivity contribution in [2.45, 2.75) is 25.9 Å². The van der Waals surface area contributed by atoms with Gasteiger partial charge in [0.15, 0.2) is 0 Å². The summed E-state index contributed by atoms with van der Waals surface area (Å²) in [4.78, 5) is 11.6. The van der Waals surface area contributed by atoms with E-state index in [-0.39, 0.29) is 24.4 Å². The Labute approximate surface area is 102 Å². The minimum Gasteiger partial charge on any atom is -0.355 e. The molecule has 16 heavy (non-hydrogen) atoms. The van der Waals surface area contributed by atoms with E-state index in [1.165, 1.54) is 11.1 Å². The third kappa shape index (κ3) is 2.74. The highest BCUT2D eigenvalue weighted by Gasteiger charge is 2.22. The van der Waals surface area contributed by atoms with Gasteiger partial charge in [-0.2, -0.15) is 0 Å². The first-order valence-electron chi connectivity index (χ1n) is 5.39. The molecule has 2 rings (SSSR count). The summed E-state index contributed by atoms with van der Waals surface area (Å²) in [5, 5.41) is 6.09. The third-order valence-corrected chi connectivity index (χ3v) is 2.75. The predicted octanol–water partition coefficient (Wildman–Crippen LogP) is 1.26. The molecule has 1 aromatic rings. The van der Waals surface area contributed by atoms with Crippen LogP contribution in [-0.2, 0) is 17.8 Å². The normalized spacial score (nSPS) is 18.2. The summed E-state index contributed by atoms with van der Waals surface area (Å²) >= 11 is 0. The zero-order valence-corrected chi connectivity index (χ0v) is 10.1. The van der Waals surface area contributed by atoms with Crippen LogP contribution in [0.3, 0.4) is 0 Å². The minimum absolute atomic E-state index is 0. The maximum atomic E-state index is 11.6. The van der Waals surface area contributed by atoms with Crippen LogP contribution in [0.15, 0.2) is 24.3 Å². The van der Waals surface area contributed by atoms with Crippen molar-refractivity contribution in [3.63, 3.8) is 0 Å². The van der Waals surface area contributed by atoms with Crippen LogP contribution in [0.4, 0.5) is 0 Å². The number of rotatable bonds is 2. The number of benzene rings is 1. The molecule has 1 amide bonds. The van der Waals surface area contributed by atoms with Gasteiger partial charge in [-0.1, -0.05) is 24.3 Å². The van der Waals surface area contributed by atoms with E-state index in [1.807, 2.05) is 19.1 Å². The molecule has 4 heteroatoms. The van der Waals surface area contributed by atoms with Gasteiger partial charge in [0.25, 0.3) is 0 Å². The second kappa shape index (κ2) is 5.87. The Morgan fingerprint density at radius 2 is 2.12 bits per heavy atom. The molecule has 1 unspecified atom stereocenters. The van der Waals surface area contributed by atoms with E-state index in [4.69, 9.17) is 0 Å². The molecular weight excluding hydrogens is 224 g/mol. The van der Waals surface area contributed by atoms with Gasteiger partial charge < -0.3 is 10.6 Å². The number of nitrogens with one attached hydrogen (secondary N) is 2. The molecule has 1 heterocycles. The summed E-state index contributed by atoms with van der Waals surface area (Å²) in [6, 6.07) is 8.20. The summed E-state index contributed by atoms with van der Waals surface area (Å²) in [5.74, 6) is 0.104. The van der Waals surface area contributed by atoms with Gasteiger partial charge in [0, 0.05) is 13.1 Å². The molecule has 1 aromatic carbocycles. The van der Waals surface area contributed by atoms with E-state index < -0.39 is 0 Å². The van der Waals surface area contributed by atoms with Gasteiger partial charge >= 0.3 is 0 Å². The van der Waals surface area contributed by atoms with Crippen LogP contribution < -0.4 is 10.6 Å². The first-order valence-corrected chi connectivity index (χ1v) is 5.39. The van der Waals surface area contributed by atoms with Crippen molar-refractivity contribution in [1.29, 1.82) is 0 Å². The molecule has 3 nitrogen and oxygen atoms in total. The quantitative estimate of drug-likeness (QED) is 0.817. The number of hydrogen-bond donors (Lipinski definition) is 2. The van der Waals surface area contributed by atoms with E-state index in [2.05, 4.69) is 22.8 Å². The Bertz CT molecular complexity index is 368. The van der Waals surface area contributed by atoms with Crippen molar-refractivity contribution in [3.8, 4) is 0 Å². The predicted molar refractivity (Wildman–Crippen MR) is 66.7 cm³/mol. The SMILES string of the molecule is CCNC(=O)C1Cc2ccccc2CN1.Cl. The fourth-order valence-corrected chi connectivity index (χ4v) is 1.94. The number of fused-ring (bicyclic) bond motifs is 1. The summed E-state index contributed by atoms with van der Waals surface area (Å²) in [6.07, 6.45) is 0.794. The van der Waals surface area contributed by atoms with Crippen molar-refractivity contribution in [3.05, 3.63) is 35.4 Å². The molecule has 1 aliphatic heterocycles. The number of amides is 1. The summed E-state index contributed by atoms with van der Waals surface area (Å²) < 4.78 is 0. The first-order chi connectivity index (χ1) is 7.31. The molecular formula is C12H17ClN2O. The number of likely N-dealkylation sites (N-methyl/N-ethyl adjacent to an activating group) is 1. The molecule has 0 aliphatic carbocycles. The average molecular weight is 241 g/mol. The maximum absolute atomic E-state index is 11.6. The average Bonchev–Trinajstić information content (AvgIpc) is 2.29. The lowest BCUT2D eigenvalue weighted by Gasteiger charge is -2.25. The lowest BCUT2D eigenvalue weighted by molar-refractivity contribution is -0.123. The van der Waals surface area contributed by atoms with Gasteiger partial charge in [-0.05, 0) is 24.5 Å². The second-order valence-corrected chi connectivity index (χ2v) is 3.80. The van der Waals surface area contributed by atoms with Crippen LogP contribution in [0.5, 0.6) is 0 Å². The number of carbonyl (C=O) groups is 1. The van der Waals surface area contributed by atoms with E-state index in [0.717, 1.165) is 13.0 Å². The summed E-state index contributed by atoms with van der Waals surface area (Å²) in [7, 11) is 0. The Hall–Kier alpha value is -1.06. The lowest BCUT2D eigenvalue weighted by Crippen LogP contribution is -2.47. The highest BCUT2D eigenvalue weighted by atomic mass is 35.5. The van der Waals surface area contributed by atoms with E-state index in [1.54, 1.807) is 0 Å². The lowest BCUT2D eigenvalue weighted by atomic mass is 9.95. The Morgan fingerprint density at radius 1 is 1.44 bits per heavy atom. The standard InChI is InChI=1S/C12H16N2O.ClH/c1-2-13-12(15)11-7-9-5-3-4-6-10(9)8-14-11;/h3-6,11,14H,2,7-8H2,1H3,(H,13,15);1H. The van der Waals surface area contributed by atoms with Gasteiger partial charge in [0.1, 0.15) is 0 Å². The molecule has 0 aromatic heterocycles. The van der Waals surface area contributed by atoms with Crippen molar-refractivity contribution in [2.75, 3.05) is 6.54 Å². The molecule has 0 spiro atoms.